The molecular weight excluding hydrogens is 427 g/mol. The van der Waals surface area contributed by atoms with Crippen LogP contribution in [0, 0.1) is 0 Å². The number of nitrogens with zero attached hydrogens (tertiary/aromatic N) is 3. The molecule has 1 aromatic carbocycles. The first-order valence-electron chi connectivity index (χ1n) is 8.26. The summed E-state index contributed by atoms with van der Waals surface area (Å²) < 4.78 is 51.9. The Labute approximate surface area is 161 Å². The Kier molecular flexibility index (Phi) is 4.48. The molecule has 1 aliphatic rings. The van der Waals surface area contributed by atoms with E-state index in [1.807, 2.05) is 13.8 Å². The third-order valence-electron chi connectivity index (χ3n) is 4.53. The molecule has 4 rings (SSSR count). The van der Waals surface area contributed by atoms with E-state index in [2.05, 4.69) is 26.0 Å². The lowest BCUT2D eigenvalue weighted by Crippen LogP contribution is -2.42. The summed E-state index contributed by atoms with van der Waals surface area (Å²) >= 11 is 3.49. The molecule has 1 atom stereocenters. The SMILES string of the molecule is CC1OC([C@@H](C)c2c(Br)cnc3c(-c4ccc(C(F)(F)F)cc4)cnn23)O1. The zero-order chi connectivity index (χ0) is 19.3. The van der Waals surface area contributed by atoms with Gasteiger partial charge in [0.15, 0.2) is 18.2 Å². The molecule has 0 unspecified atom stereocenters. The van der Waals surface area contributed by atoms with Gasteiger partial charge in [-0.15, -0.1) is 0 Å². The first-order valence-corrected chi connectivity index (χ1v) is 9.05. The quantitative estimate of drug-likeness (QED) is 0.573. The fourth-order valence-corrected chi connectivity index (χ4v) is 3.76. The van der Waals surface area contributed by atoms with E-state index in [0.29, 0.717) is 16.8 Å². The molecule has 0 aliphatic carbocycles. The van der Waals surface area contributed by atoms with Crippen LogP contribution in [0.5, 0.6) is 0 Å². The molecule has 0 amide bonds. The standard InChI is InChI=1S/C18H15BrF3N3O2/c1-9(17-26-10(2)27-17)15-14(19)8-23-16-13(7-24-25(15)16)11-3-5-12(6-4-11)18(20,21)22/h3-10,17H,1-2H3/t9-,10?,17?/m0/s1. The van der Waals surface area contributed by atoms with E-state index in [0.717, 1.165) is 22.3 Å². The van der Waals surface area contributed by atoms with Crippen molar-refractivity contribution >= 4 is 21.6 Å². The summed E-state index contributed by atoms with van der Waals surface area (Å²) in [6, 6.07) is 4.95. The first kappa shape index (κ1) is 18.4. The fourth-order valence-electron chi connectivity index (χ4n) is 3.13. The summed E-state index contributed by atoms with van der Waals surface area (Å²) in [7, 11) is 0. The predicted octanol–water partition coefficient (Wildman–Crippen LogP) is 5.00. The van der Waals surface area contributed by atoms with E-state index in [9.17, 15) is 13.2 Å². The van der Waals surface area contributed by atoms with E-state index in [-0.39, 0.29) is 18.5 Å². The molecule has 3 heterocycles. The zero-order valence-corrected chi connectivity index (χ0v) is 16.0. The third kappa shape index (κ3) is 3.24. The number of alkyl halides is 3. The summed E-state index contributed by atoms with van der Waals surface area (Å²) in [4.78, 5) is 4.40. The molecule has 1 fully saturated rings. The largest absolute Gasteiger partial charge is 0.416 e. The number of aromatic nitrogens is 3. The highest BCUT2D eigenvalue weighted by Crippen LogP contribution is 2.36. The van der Waals surface area contributed by atoms with Gasteiger partial charge in [-0.1, -0.05) is 19.1 Å². The second-order valence-corrected chi connectivity index (χ2v) is 7.21. The lowest BCUT2D eigenvalue weighted by atomic mass is 10.0. The highest BCUT2D eigenvalue weighted by molar-refractivity contribution is 9.10. The van der Waals surface area contributed by atoms with Crippen LogP contribution in [0.2, 0.25) is 0 Å². The van der Waals surface area contributed by atoms with Gasteiger partial charge in [0.25, 0.3) is 0 Å². The molecule has 3 aromatic rings. The number of halogens is 4. The second-order valence-electron chi connectivity index (χ2n) is 6.36. The van der Waals surface area contributed by atoms with Crippen LogP contribution in [0.1, 0.15) is 31.0 Å². The molecule has 0 N–H and O–H groups in total. The average molecular weight is 442 g/mol. The van der Waals surface area contributed by atoms with Crippen LogP contribution >= 0.6 is 15.9 Å². The number of ether oxygens (including phenoxy) is 2. The molecule has 142 valence electrons. The molecular formula is C18H15BrF3N3O2. The summed E-state index contributed by atoms with van der Waals surface area (Å²) in [6.45, 7) is 3.77. The molecule has 2 aromatic heterocycles. The van der Waals surface area contributed by atoms with Crippen LogP contribution in [0.3, 0.4) is 0 Å². The van der Waals surface area contributed by atoms with E-state index >= 15 is 0 Å². The van der Waals surface area contributed by atoms with Crippen molar-refractivity contribution in [1.29, 1.82) is 0 Å². The highest BCUT2D eigenvalue weighted by atomic mass is 79.9. The minimum atomic E-state index is -4.37. The predicted molar refractivity (Wildman–Crippen MR) is 95.0 cm³/mol. The molecule has 1 aliphatic heterocycles. The van der Waals surface area contributed by atoms with E-state index < -0.39 is 11.7 Å². The van der Waals surface area contributed by atoms with Crippen molar-refractivity contribution in [3.8, 4) is 11.1 Å². The van der Waals surface area contributed by atoms with E-state index in [1.54, 1.807) is 16.9 Å². The van der Waals surface area contributed by atoms with Crippen LogP contribution in [-0.2, 0) is 15.7 Å². The van der Waals surface area contributed by atoms with Gasteiger partial charge in [0.1, 0.15) is 0 Å². The molecule has 0 radical (unpaired) electrons. The van der Waals surface area contributed by atoms with Gasteiger partial charge in [-0.05, 0) is 40.5 Å². The van der Waals surface area contributed by atoms with Gasteiger partial charge in [0, 0.05) is 11.8 Å². The van der Waals surface area contributed by atoms with Crippen molar-refractivity contribution in [1.82, 2.24) is 14.6 Å². The van der Waals surface area contributed by atoms with Crippen molar-refractivity contribution in [2.75, 3.05) is 0 Å². The summed E-state index contributed by atoms with van der Waals surface area (Å²) in [5.74, 6) is -0.124. The number of benzene rings is 1. The maximum atomic E-state index is 12.8. The minimum Gasteiger partial charge on any atom is -0.323 e. The van der Waals surface area contributed by atoms with Crippen molar-refractivity contribution < 1.29 is 22.6 Å². The highest BCUT2D eigenvalue weighted by Gasteiger charge is 2.35. The van der Waals surface area contributed by atoms with Crippen molar-refractivity contribution in [3.05, 3.63) is 52.4 Å². The van der Waals surface area contributed by atoms with Crippen LogP contribution < -0.4 is 0 Å². The Hall–Kier alpha value is -1.97. The molecule has 27 heavy (non-hydrogen) atoms. The van der Waals surface area contributed by atoms with E-state index in [1.165, 1.54) is 12.1 Å². The molecule has 9 heteroatoms. The molecule has 0 bridgehead atoms. The summed E-state index contributed by atoms with van der Waals surface area (Å²) in [5.41, 5.74) is 1.92. The third-order valence-corrected chi connectivity index (χ3v) is 5.14. The van der Waals surface area contributed by atoms with Crippen molar-refractivity contribution in [2.45, 2.75) is 38.5 Å². The van der Waals surface area contributed by atoms with Gasteiger partial charge in [-0.2, -0.15) is 18.3 Å². The average Bonchev–Trinajstić information content (AvgIpc) is 3.01. The second kappa shape index (κ2) is 6.57. The maximum absolute atomic E-state index is 12.8. The van der Waals surface area contributed by atoms with Crippen molar-refractivity contribution in [2.24, 2.45) is 0 Å². The van der Waals surface area contributed by atoms with Gasteiger partial charge < -0.3 is 9.47 Å². The Morgan fingerprint density at radius 3 is 2.41 bits per heavy atom. The number of hydrogen-bond acceptors (Lipinski definition) is 4. The van der Waals surface area contributed by atoms with Gasteiger partial charge in [0.05, 0.1) is 27.8 Å². The van der Waals surface area contributed by atoms with Crippen LogP contribution in [-0.4, -0.2) is 27.2 Å². The summed E-state index contributed by atoms with van der Waals surface area (Å²) in [6.07, 6.45) is -1.75. The van der Waals surface area contributed by atoms with E-state index in [4.69, 9.17) is 9.47 Å². The van der Waals surface area contributed by atoms with Gasteiger partial charge in [-0.25, -0.2) is 9.50 Å². The monoisotopic (exact) mass is 441 g/mol. The van der Waals surface area contributed by atoms with Gasteiger partial charge in [-0.3, -0.25) is 0 Å². The minimum absolute atomic E-state index is 0.124. The van der Waals surface area contributed by atoms with Gasteiger partial charge in [0.2, 0.25) is 0 Å². The molecule has 5 nitrogen and oxygen atoms in total. The fraction of sp³-hybridized carbons (Fsp3) is 0.333. The normalized spacial score (nSPS) is 21.3. The van der Waals surface area contributed by atoms with Crippen LogP contribution in [0.15, 0.2) is 41.1 Å². The Morgan fingerprint density at radius 1 is 1.15 bits per heavy atom. The van der Waals surface area contributed by atoms with Crippen LogP contribution in [0.25, 0.3) is 16.8 Å². The van der Waals surface area contributed by atoms with Crippen LogP contribution in [0.4, 0.5) is 13.2 Å². The lowest BCUT2D eigenvalue weighted by Gasteiger charge is -2.37. The Morgan fingerprint density at radius 2 is 1.81 bits per heavy atom. The Balaban J connectivity index is 1.75. The first-order chi connectivity index (χ1) is 12.8. The molecule has 0 spiro atoms. The number of fused-ring (bicyclic) bond motifs is 1. The Bertz CT molecular complexity index is 982. The molecule has 0 saturated carbocycles. The van der Waals surface area contributed by atoms with Crippen molar-refractivity contribution in [3.63, 3.8) is 0 Å². The maximum Gasteiger partial charge on any atom is 0.416 e. The number of rotatable bonds is 3. The number of hydrogen-bond donors (Lipinski definition) is 0. The topological polar surface area (TPSA) is 48.7 Å². The smallest absolute Gasteiger partial charge is 0.323 e. The summed E-state index contributed by atoms with van der Waals surface area (Å²) in [5, 5.41) is 4.40. The molecule has 1 saturated heterocycles. The van der Waals surface area contributed by atoms with Gasteiger partial charge >= 0.3 is 6.18 Å². The zero-order valence-electron chi connectivity index (χ0n) is 14.4. The lowest BCUT2D eigenvalue weighted by molar-refractivity contribution is -0.382.